The van der Waals surface area contributed by atoms with E-state index in [1.54, 1.807) is 0 Å². The van der Waals surface area contributed by atoms with Crippen LogP contribution in [0, 0.1) is 5.41 Å². The molecule has 0 amide bonds. The molecule has 2 nitrogen and oxygen atoms in total. The fraction of sp³-hybridized carbons (Fsp3) is 0.444. The fourth-order valence-electron chi connectivity index (χ4n) is 0.563. The molecule has 0 aromatic heterocycles. The van der Waals surface area contributed by atoms with E-state index in [9.17, 15) is 0 Å². The molecule has 0 aromatic rings. The largest absolute Gasteiger partial charge is 0.451 e. The molecule has 0 spiro atoms. The van der Waals surface area contributed by atoms with E-state index in [4.69, 9.17) is 4.74 Å². The Hall–Kier alpha value is -1.05. The summed E-state index contributed by atoms with van der Waals surface area (Å²) in [6.45, 7) is 13.0. The van der Waals surface area contributed by atoms with Crippen molar-refractivity contribution in [2.24, 2.45) is 10.4 Å². The van der Waals surface area contributed by atoms with Gasteiger partial charge >= 0.3 is 0 Å². The van der Waals surface area contributed by atoms with Crippen molar-refractivity contribution in [3.05, 3.63) is 25.6 Å². The van der Waals surface area contributed by atoms with Crippen LogP contribution in [0.4, 0.5) is 0 Å². The van der Waals surface area contributed by atoms with E-state index in [2.05, 4.69) is 18.2 Å². The highest BCUT2D eigenvalue weighted by Gasteiger charge is 2.19. The molecule has 0 aromatic carbocycles. The average molecular weight is 153 g/mol. The quantitative estimate of drug-likeness (QED) is 0.339. The summed E-state index contributed by atoms with van der Waals surface area (Å²) in [6, 6.07) is 0. The third kappa shape index (κ3) is 3.61. The van der Waals surface area contributed by atoms with Gasteiger partial charge in [-0.2, -0.15) is 0 Å². The SMILES string of the molecule is C=C/N=C(\OC=C)C(C)(C)C. The summed E-state index contributed by atoms with van der Waals surface area (Å²) in [5, 5.41) is 0. The van der Waals surface area contributed by atoms with Crippen molar-refractivity contribution >= 4 is 5.90 Å². The number of ether oxygens (including phenoxy) is 1. The van der Waals surface area contributed by atoms with Gasteiger partial charge in [-0.05, 0) is 0 Å². The van der Waals surface area contributed by atoms with Gasteiger partial charge in [-0.1, -0.05) is 33.9 Å². The van der Waals surface area contributed by atoms with Crippen LogP contribution in [0.1, 0.15) is 20.8 Å². The molecule has 0 aliphatic heterocycles. The molecule has 0 aliphatic carbocycles. The van der Waals surface area contributed by atoms with Gasteiger partial charge in [0, 0.05) is 11.6 Å². The maximum Gasteiger partial charge on any atom is 0.199 e. The van der Waals surface area contributed by atoms with E-state index in [-0.39, 0.29) is 5.41 Å². The molecule has 0 rings (SSSR count). The predicted octanol–water partition coefficient (Wildman–Crippen LogP) is 2.73. The molecule has 0 atom stereocenters. The van der Waals surface area contributed by atoms with E-state index in [1.807, 2.05) is 20.8 Å². The van der Waals surface area contributed by atoms with Crippen molar-refractivity contribution in [1.82, 2.24) is 0 Å². The molecular formula is C9H15NO. The Morgan fingerprint density at radius 2 is 1.91 bits per heavy atom. The van der Waals surface area contributed by atoms with Gasteiger partial charge in [0.15, 0.2) is 5.90 Å². The van der Waals surface area contributed by atoms with Crippen LogP contribution < -0.4 is 0 Å². The lowest BCUT2D eigenvalue weighted by molar-refractivity contribution is 0.385. The lowest BCUT2D eigenvalue weighted by atomic mass is 9.97. The molecule has 0 heterocycles. The third-order valence-corrected chi connectivity index (χ3v) is 1.05. The van der Waals surface area contributed by atoms with Crippen LogP contribution in [-0.4, -0.2) is 5.90 Å². The summed E-state index contributed by atoms with van der Waals surface area (Å²) in [6.07, 6.45) is 2.83. The van der Waals surface area contributed by atoms with Gasteiger partial charge < -0.3 is 4.74 Å². The monoisotopic (exact) mass is 153 g/mol. The van der Waals surface area contributed by atoms with Gasteiger partial charge in [0.05, 0.1) is 6.26 Å². The summed E-state index contributed by atoms with van der Waals surface area (Å²) in [5.74, 6) is 0.627. The smallest absolute Gasteiger partial charge is 0.199 e. The molecule has 0 aliphatic rings. The standard InChI is InChI=1S/C9H15NO/c1-6-10-8(11-7-2)9(3,4)5/h6-7H,1-2H2,3-5H3/b10-8-. The van der Waals surface area contributed by atoms with Crippen molar-refractivity contribution < 1.29 is 4.74 Å². The second-order valence-electron chi connectivity index (χ2n) is 3.15. The summed E-state index contributed by atoms with van der Waals surface area (Å²) < 4.78 is 5.09. The van der Waals surface area contributed by atoms with Crippen LogP contribution in [0.5, 0.6) is 0 Å². The zero-order chi connectivity index (χ0) is 8.91. The lowest BCUT2D eigenvalue weighted by Crippen LogP contribution is -2.21. The third-order valence-electron chi connectivity index (χ3n) is 1.05. The van der Waals surface area contributed by atoms with Crippen LogP contribution in [-0.2, 0) is 4.74 Å². The molecule has 0 saturated carbocycles. The summed E-state index contributed by atoms with van der Waals surface area (Å²) in [7, 11) is 0. The van der Waals surface area contributed by atoms with Crippen LogP contribution in [0.2, 0.25) is 0 Å². The molecule has 0 N–H and O–H groups in total. The average Bonchev–Trinajstić information content (AvgIpc) is 1.85. The molecule has 11 heavy (non-hydrogen) atoms. The Morgan fingerprint density at radius 1 is 1.36 bits per heavy atom. The summed E-state index contributed by atoms with van der Waals surface area (Å²) >= 11 is 0. The second kappa shape index (κ2) is 3.96. The minimum Gasteiger partial charge on any atom is -0.451 e. The van der Waals surface area contributed by atoms with Crippen LogP contribution in [0.25, 0.3) is 0 Å². The van der Waals surface area contributed by atoms with Crippen LogP contribution in [0.3, 0.4) is 0 Å². The first-order valence-corrected chi connectivity index (χ1v) is 3.49. The fourth-order valence-corrected chi connectivity index (χ4v) is 0.563. The van der Waals surface area contributed by atoms with E-state index in [1.165, 1.54) is 12.5 Å². The van der Waals surface area contributed by atoms with Gasteiger partial charge in [-0.3, -0.25) is 0 Å². The molecule has 62 valence electrons. The Balaban J connectivity index is 4.46. The van der Waals surface area contributed by atoms with Crippen LogP contribution >= 0.6 is 0 Å². The number of hydrogen-bond donors (Lipinski definition) is 0. The molecule has 0 bridgehead atoms. The zero-order valence-electron chi connectivity index (χ0n) is 7.42. The summed E-state index contributed by atoms with van der Waals surface area (Å²) in [5.41, 5.74) is -0.0949. The van der Waals surface area contributed by atoms with Crippen molar-refractivity contribution in [1.29, 1.82) is 0 Å². The van der Waals surface area contributed by atoms with E-state index in [0.717, 1.165) is 0 Å². The van der Waals surface area contributed by atoms with E-state index < -0.39 is 0 Å². The number of nitrogens with zero attached hydrogens (tertiary/aromatic N) is 1. The molecular weight excluding hydrogens is 138 g/mol. The molecule has 2 heteroatoms. The zero-order valence-corrected chi connectivity index (χ0v) is 7.42. The van der Waals surface area contributed by atoms with Crippen molar-refractivity contribution in [3.8, 4) is 0 Å². The molecule has 0 unspecified atom stereocenters. The van der Waals surface area contributed by atoms with Gasteiger partial charge in [0.1, 0.15) is 0 Å². The Bertz CT molecular complexity index is 174. The highest BCUT2D eigenvalue weighted by atomic mass is 16.5. The van der Waals surface area contributed by atoms with Gasteiger partial charge in [-0.25, -0.2) is 4.99 Å². The topological polar surface area (TPSA) is 21.6 Å². The first-order valence-electron chi connectivity index (χ1n) is 3.49. The minimum atomic E-state index is -0.0949. The Labute approximate surface area is 68.3 Å². The summed E-state index contributed by atoms with van der Waals surface area (Å²) in [4.78, 5) is 3.97. The Kier molecular flexibility index (Phi) is 3.58. The Morgan fingerprint density at radius 3 is 2.18 bits per heavy atom. The normalized spacial score (nSPS) is 12.5. The predicted molar refractivity (Wildman–Crippen MR) is 48.4 cm³/mol. The molecule has 0 radical (unpaired) electrons. The van der Waals surface area contributed by atoms with Crippen LogP contribution in [0.15, 0.2) is 30.6 Å². The maximum absolute atomic E-state index is 5.09. The highest BCUT2D eigenvalue weighted by Crippen LogP contribution is 2.17. The second-order valence-corrected chi connectivity index (χ2v) is 3.15. The number of rotatable bonds is 2. The first kappa shape index (κ1) is 9.95. The maximum atomic E-state index is 5.09. The molecule has 0 fully saturated rings. The molecule has 0 saturated heterocycles. The van der Waals surface area contributed by atoms with Crippen molar-refractivity contribution in [3.63, 3.8) is 0 Å². The highest BCUT2D eigenvalue weighted by molar-refractivity contribution is 5.82. The van der Waals surface area contributed by atoms with E-state index in [0.29, 0.717) is 5.90 Å². The van der Waals surface area contributed by atoms with Gasteiger partial charge in [-0.15, -0.1) is 0 Å². The number of hydrogen-bond acceptors (Lipinski definition) is 2. The minimum absolute atomic E-state index is 0.0949. The van der Waals surface area contributed by atoms with Gasteiger partial charge in [0.2, 0.25) is 0 Å². The van der Waals surface area contributed by atoms with Gasteiger partial charge in [0.25, 0.3) is 0 Å². The lowest BCUT2D eigenvalue weighted by Gasteiger charge is -2.18. The van der Waals surface area contributed by atoms with E-state index >= 15 is 0 Å². The van der Waals surface area contributed by atoms with Crippen molar-refractivity contribution in [2.45, 2.75) is 20.8 Å². The number of aliphatic imine (C=N–C) groups is 1. The first-order chi connectivity index (χ1) is 5.02. The van der Waals surface area contributed by atoms with Crippen molar-refractivity contribution in [2.75, 3.05) is 0 Å².